The van der Waals surface area contributed by atoms with E-state index in [2.05, 4.69) is 56.1 Å². The van der Waals surface area contributed by atoms with Gasteiger partial charge in [0, 0.05) is 43.2 Å². The quantitative estimate of drug-likeness (QED) is 0.863. The van der Waals surface area contributed by atoms with Crippen LogP contribution < -0.4 is 10.1 Å². The molecular formula is C17H28N2O. The molecule has 0 aliphatic carbocycles. The summed E-state index contributed by atoms with van der Waals surface area (Å²) in [5.41, 5.74) is 1.30. The summed E-state index contributed by atoms with van der Waals surface area (Å²) in [5, 5.41) is 3.70. The zero-order chi connectivity index (χ0) is 14.5. The Labute approximate surface area is 123 Å². The molecule has 3 heteroatoms. The van der Waals surface area contributed by atoms with Crippen molar-refractivity contribution in [1.29, 1.82) is 0 Å². The molecule has 0 fully saturated rings. The number of para-hydroxylation sites is 1. The highest BCUT2D eigenvalue weighted by atomic mass is 16.5. The van der Waals surface area contributed by atoms with Crippen LogP contribution in [0.4, 0.5) is 0 Å². The monoisotopic (exact) mass is 276 g/mol. The smallest absolute Gasteiger partial charge is 0.124 e. The maximum Gasteiger partial charge on any atom is 0.124 e. The van der Waals surface area contributed by atoms with E-state index in [4.69, 9.17) is 4.74 Å². The largest absolute Gasteiger partial charge is 0.493 e. The SMILES string of the molecule is CC(C)N(CCNC1CCOc2ccccc21)C(C)C. The molecule has 1 N–H and O–H groups in total. The second-order valence-electron chi connectivity index (χ2n) is 6.11. The molecule has 0 amide bonds. The molecule has 0 radical (unpaired) electrons. The van der Waals surface area contributed by atoms with Crippen molar-refractivity contribution in [2.24, 2.45) is 0 Å². The summed E-state index contributed by atoms with van der Waals surface area (Å²) in [4.78, 5) is 2.53. The van der Waals surface area contributed by atoms with E-state index in [0.717, 1.165) is 31.9 Å². The molecule has 0 saturated heterocycles. The zero-order valence-corrected chi connectivity index (χ0v) is 13.2. The second-order valence-corrected chi connectivity index (χ2v) is 6.11. The van der Waals surface area contributed by atoms with Crippen molar-refractivity contribution in [3.8, 4) is 5.75 Å². The van der Waals surface area contributed by atoms with Crippen LogP contribution in [0.5, 0.6) is 5.75 Å². The predicted octanol–water partition coefficient (Wildman–Crippen LogP) is 3.22. The van der Waals surface area contributed by atoms with E-state index in [1.54, 1.807) is 0 Å². The van der Waals surface area contributed by atoms with E-state index < -0.39 is 0 Å². The van der Waals surface area contributed by atoms with Crippen LogP contribution in [-0.2, 0) is 0 Å². The highest BCUT2D eigenvalue weighted by Gasteiger charge is 2.21. The van der Waals surface area contributed by atoms with Crippen molar-refractivity contribution < 1.29 is 4.74 Å². The van der Waals surface area contributed by atoms with Crippen molar-refractivity contribution in [3.05, 3.63) is 29.8 Å². The Hall–Kier alpha value is -1.06. The van der Waals surface area contributed by atoms with E-state index in [-0.39, 0.29) is 0 Å². The summed E-state index contributed by atoms with van der Waals surface area (Å²) in [6, 6.07) is 10.0. The molecule has 1 aromatic carbocycles. The van der Waals surface area contributed by atoms with Crippen molar-refractivity contribution in [1.82, 2.24) is 10.2 Å². The lowest BCUT2D eigenvalue weighted by molar-refractivity contribution is 0.170. The first-order valence-electron chi connectivity index (χ1n) is 7.80. The average molecular weight is 276 g/mol. The highest BCUT2D eigenvalue weighted by molar-refractivity contribution is 5.37. The summed E-state index contributed by atoms with van der Waals surface area (Å²) < 4.78 is 5.71. The maximum atomic E-state index is 5.71. The number of nitrogens with one attached hydrogen (secondary N) is 1. The molecule has 2 rings (SSSR count). The lowest BCUT2D eigenvalue weighted by Crippen LogP contribution is -2.42. The highest BCUT2D eigenvalue weighted by Crippen LogP contribution is 2.31. The minimum absolute atomic E-state index is 0.432. The molecule has 0 saturated carbocycles. The third-order valence-corrected chi connectivity index (χ3v) is 4.05. The van der Waals surface area contributed by atoms with Gasteiger partial charge in [-0.1, -0.05) is 18.2 Å². The summed E-state index contributed by atoms with van der Waals surface area (Å²) in [6.07, 6.45) is 1.06. The maximum absolute atomic E-state index is 5.71. The van der Waals surface area contributed by atoms with Crippen LogP contribution in [0, 0.1) is 0 Å². The Bertz CT molecular complexity index is 409. The van der Waals surface area contributed by atoms with Gasteiger partial charge in [0.2, 0.25) is 0 Å². The van der Waals surface area contributed by atoms with Gasteiger partial charge in [-0.15, -0.1) is 0 Å². The van der Waals surface area contributed by atoms with Gasteiger partial charge >= 0.3 is 0 Å². The molecule has 0 bridgehead atoms. The van der Waals surface area contributed by atoms with Crippen molar-refractivity contribution in [2.75, 3.05) is 19.7 Å². The second kappa shape index (κ2) is 7.09. The third-order valence-electron chi connectivity index (χ3n) is 4.05. The number of benzene rings is 1. The van der Waals surface area contributed by atoms with Crippen LogP contribution in [0.1, 0.15) is 45.7 Å². The minimum atomic E-state index is 0.432. The fraction of sp³-hybridized carbons (Fsp3) is 0.647. The molecule has 1 unspecified atom stereocenters. The minimum Gasteiger partial charge on any atom is -0.493 e. The fourth-order valence-corrected chi connectivity index (χ4v) is 3.03. The molecule has 1 aromatic rings. The molecule has 112 valence electrons. The van der Waals surface area contributed by atoms with Crippen molar-refractivity contribution >= 4 is 0 Å². The van der Waals surface area contributed by atoms with E-state index >= 15 is 0 Å². The first-order valence-corrected chi connectivity index (χ1v) is 7.80. The Kier molecular flexibility index (Phi) is 5.44. The summed E-state index contributed by atoms with van der Waals surface area (Å²) in [5.74, 6) is 1.04. The molecule has 0 aromatic heterocycles. The van der Waals surface area contributed by atoms with E-state index in [1.807, 2.05) is 6.07 Å². The Morgan fingerprint density at radius 2 is 1.90 bits per heavy atom. The molecule has 20 heavy (non-hydrogen) atoms. The van der Waals surface area contributed by atoms with Gasteiger partial charge in [-0.05, 0) is 33.8 Å². The molecule has 1 heterocycles. The van der Waals surface area contributed by atoms with Crippen molar-refractivity contribution in [2.45, 2.75) is 52.2 Å². The summed E-state index contributed by atoms with van der Waals surface area (Å²) in [6.45, 7) is 12.0. The zero-order valence-electron chi connectivity index (χ0n) is 13.2. The number of rotatable bonds is 6. The Morgan fingerprint density at radius 1 is 1.20 bits per heavy atom. The van der Waals surface area contributed by atoms with Crippen LogP contribution in [0.25, 0.3) is 0 Å². The fourth-order valence-electron chi connectivity index (χ4n) is 3.03. The number of hydrogen-bond acceptors (Lipinski definition) is 3. The van der Waals surface area contributed by atoms with Crippen LogP contribution in [0.2, 0.25) is 0 Å². The van der Waals surface area contributed by atoms with Gasteiger partial charge in [0.05, 0.1) is 6.61 Å². The first-order chi connectivity index (χ1) is 9.59. The number of fused-ring (bicyclic) bond motifs is 1. The van der Waals surface area contributed by atoms with Crippen LogP contribution in [0.15, 0.2) is 24.3 Å². The Morgan fingerprint density at radius 3 is 2.60 bits per heavy atom. The van der Waals surface area contributed by atoms with E-state index in [0.29, 0.717) is 18.1 Å². The first kappa shape index (κ1) is 15.3. The van der Waals surface area contributed by atoms with Crippen LogP contribution in [-0.4, -0.2) is 36.7 Å². The van der Waals surface area contributed by atoms with E-state index in [1.165, 1.54) is 5.56 Å². The van der Waals surface area contributed by atoms with Crippen LogP contribution >= 0.6 is 0 Å². The van der Waals surface area contributed by atoms with Gasteiger partial charge < -0.3 is 10.1 Å². The number of hydrogen-bond donors (Lipinski definition) is 1. The normalized spacial score (nSPS) is 18.4. The molecule has 3 nitrogen and oxygen atoms in total. The van der Waals surface area contributed by atoms with Gasteiger partial charge in [0.1, 0.15) is 5.75 Å². The Balaban J connectivity index is 1.89. The van der Waals surface area contributed by atoms with Gasteiger partial charge in [-0.25, -0.2) is 0 Å². The predicted molar refractivity (Wildman–Crippen MR) is 84.3 cm³/mol. The van der Waals surface area contributed by atoms with Gasteiger partial charge in [-0.3, -0.25) is 4.90 Å². The molecule has 1 aliphatic rings. The summed E-state index contributed by atoms with van der Waals surface area (Å²) >= 11 is 0. The van der Waals surface area contributed by atoms with Crippen molar-refractivity contribution in [3.63, 3.8) is 0 Å². The van der Waals surface area contributed by atoms with Gasteiger partial charge in [-0.2, -0.15) is 0 Å². The number of nitrogens with zero attached hydrogens (tertiary/aromatic N) is 1. The summed E-state index contributed by atoms with van der Waals surface area (Å²) in [7, 11) is 0. The molecule has 1 atom stereocenters. The van der Waals surface area contributed by atoms with Crippen LogP contribution in [0.3, 0.4) is 0 Å². The lowest BCUT2D eigenvalue weighted by atomic mass is 10.0. The average Bonchev–Trinajstić information content (AvgIpc) is 2.42. The number of ether oxygens (including phenoxy) is 1. The standard InChI is InChI=1S/C17H28N2O/c1-13(2)19(14(3)4)11-10-18-16-9-12-20-17-8-6-5-7-15(16)17/h5-8,13-14,16,18H,9-12H2,1-4H3. The third kappa shape index (κ3) is 3.74. The van der Waals surface area contributed by atoms with Gasteiger partial charge in [0.15, 0.2) is 0 Å². The molecule has 1 aliphatic heterocycles. The van der Waals surface area contributed by atoms with Gasteiger partial charge in [0.25, 0.3) is 0 Å². The molecular weight excluding hydrogens is 248 g/mol. The topological polar surface area (TPSA) is 24.5 Å². The van der Waals surface area contributed by atoms with E-state index in [9.17, 15) is 0 Å². The lowest BCUT2D eigenvalue weighted by Gasteiger charge is -2.32. The molecule has 0 spiro atoms.